The molecule has 0 unspecified atom stereocenters. The normalized spacial score (nSPS) is 14.8. The number of anilines is 3. The summed E-state index contributed by atoms with van der Waals surface area (Å²) in [5, 5.41) is 2.95. The molecule has 0 saturated carbocycles. The number of hydrogen-bond acceptors (Lipinski definition) is 7. The lowest BCUT2D eigenvalue weighted by Crippen LogP contribution is -2.52. The van der Waals surface area contributed by atoms with Gasteiger partial charge in [0.05, 0.1) is 24.5 Å². The van der Waals surface area contributed by atoms with Crippen molar-refractivity contribution in [3.63, 3.8) is 0 Å². The summed E-state index contributed by atoms with van der Waals surface area (Å²) in [4.78, 5) is 72.7. The van der Waals surface area contributed by atoms with Gasteiger partial charge < -0.3 is 24.8 Å². The van der Waals surface area contributed by atoms with E-state index in [1.54, 1.807) is 71.3 Å². The summed E-state index contributed by atoms with van der Waals surface area (Å²) in [6, 6.07) is 29.2. The van der Waals surface area contributed by atoms with Gasteiger partial charge in [0.2, 0.25) is 11.8 Å². The SMILES string of the molecule is CCOC(=O)CN1CCN(C(=O)CN2C(=O)CCN(C(=O)c3ccc(NC(=O)c4ccccc4-c4ccc(C)cc4)cc3)c3ccccc32)CC1. The summed E-state index contributed by atoms with van der Waals surface area (Å²) < 4.78 is 5.03. The first-order valence-corrected chi connectivity index (χ1v) is 17.2. The minimum Gasteiger partial charge on any atom is -0.465 e. The van der Waals surface area contributed by atoms with E-state index in [0.29, 0.717) is 61.0 Å². The van der Waals surface area contributed by atoms with Crippen molar-refractivity contribution in [2.75, 3.05) is 67.5 Å². The Morgan fingerprint density at radius 3 is 2.12 bits per heavy atom. The number of amides is 4. The molecule has 0 radical (unpaired) electrons. The van der Waals surface area contributed by atoms with Gasteiger partial charge in [-0.2, -0.15) is 0 Å². The predicted molar refractivity (Wildman–Crippen MR) is 196 cm³/mol. The molecule has 0 aliphatic carbocycles. The van der Waals surface area contributed by atoms with Crippen LogP contribution in [0.2, 0.25) is 0 Å². The van der Waals surface area contributed by atoms with Gasteiger partial charge in [0.1, 0.15) is 6.54 Å². The van der Waals surface area contributed by atoms with Gasteiger partial charge in [0, 0.05) is 56.0 Å². The number of para-hydroxylation sites is 2. The van der Waals surface area contributed by atoms with Gasteiger partial charge >= 0.3 is 5.97 Å². The zero-order valence-electron chi connectivity index (χ0n) is 28.8. The fourth-order valence-corrected chi connectivity index (χ4v) is 6.40. The Bertz CT molecular complexity index is 1920. The summed E-state index contributed by atoms with van der Waals surface area (Å²) in [5.41, 5.74) is 5.37. The molecule has 2 heterocycles. The topological polar surface area (TPSA) is 120 Å². The number of esters is 1. The average Bonchev–Trinajstić information content (AvgIpc) is 3.28. The Morgan fingerprint density at radius 1 is 0.745 bits per heavy atom. The molecular weight excluding hydrogens is 646 g/mol. The van der Waals surface area contributed by atoms with Gasteiger partial charge in [-0.3, -0.25) is 28.9 Å². The van der Waals surface area contributed by atoms with Crippen molar-refractivity contribution in [1.29, 1.82) is 0 Å². The standard InChI is InChI=1S/C40H41N5O6/c1-3-51-38(48)27-42-22-24-43(25-23-42)37(47)26-45-35-11-7-6-10-34(35)44(21-20-36(45)46)40(50)30-16-18-31(19-17-30)41-39(49)33-9-5-4-8-32(33)29-14-12-28(2)13-15-29/h4-19H,3,20-27H2,1-2H3,(H,41,49). The molecular formula is C40H41N5O6. The lowest BCUT2D eigenvalue weighted by Gasteiger charge is -2.35. The van der Waals surface area contributed by atoms with Crippen LogP contribution in [0.3, 0.4) is 0 Å². The van der Waals surface area contributed by atoms with Crippen molar-refractivity contribution in [3.8, 4) is 11.1 Å². The summed E-state index contributed by atoms with van der Waals surface area (Å²) in [5.74, 6) is -1.31. The van der Waals surface area contributed by atoms with Crippen LogP contribution >= 0.6 is 0 Å². The van der Waals surface area contributed by atoms with Crippen LogP contribution in [0.25, 0.3) is 11.1 Å². The first kappa shape index (κ1) is 35.0. The van der Waals surface area contributed by atoms with E-state index < -0.39 is 0 Å². The molecule has 4 amide bonds. The minimum absolute atomic E-state index is 0.0373. The van der Waals surface area contributed by atoms with E-state index in [4.69, 9.17) is 4.74 Å². The minimum atomic E-state index is -0.302. The fourth-order valence-electron chi connectivity index (χ4n) is 6.40. The second-order valence-corrected chi connectivity index (χ2v) is 12.6. The van der Waals surface area contributed by atoms with Crippen LogP contribution in [-0.4, -0.2) is 91.8 Å². The molecule has 0 bridgehead atoms. The highest BCUT2D eigenvalue weighted by molar-refractivity contribution is 6.13. The molecule has 1 saturated heterocycles. The van der Waals surface area contributed by atoms with Crippen LogP contribution < -0.4 is 15.1 Å². The van der Waals surface area contributed by atoms with E-state index in [1.165, 1.54) is 4.90 Å². The summed E-state index contributed by atoms with van der Waals surface area (Å²) in [6.07, 6.45) is 0.0373. The number of ether oxygens (including phenoxy) is 1. The number of fused-ring (bicyclic) bond motifs is 1. The quantitative estimate of drug-likeness (QED) is 0.246. The van der Waals surface area contributed by atoms with E-state index in [-0.39, 0.29) is 55.7 Å². The second-order valence-electron chi connectivity index (χ2n) is 12.6. The molecule has 1 fully saturated rings. The van der Waals surface area contributed by atoms with E-state index in [0.717, 1.165) is 16.7 Å². The van der Waals surface area contributed by atoms with E-state index >= 15 is 0 Å². The molecule has 51 heavy (non-hydrogen) atoms. The molecule has 2 aliphatic rings. The molecule has 0 aromatic heterocycles. The number of piperazine rings is 1. The van der Waals surface area contributed by atoms with Crippen LogP contribution in [0.5, 0.6) is 0 Å². The van der Waals surface area contributed by atoms with Crippen LogP contribution in [-0.2, 0) is 19.1 Å². The van der Waals surface area contributed by atoms with Crippen molar-refractivity contribution < 1.29 is 28.7 Å². The maximum absolute atomic E-state index is 13.9. The maximum Gasteiger partial charge on any atom is 0.320 e. The van der Waals surface area contributed by atoms with E-state index in [9.17, 15) is 24.0 Å². The Hall–Kier alpha value is -5.81. The number of benzene rings is 4. The third-order valence-corrected chi connectivity index (χ3v) is 9.16. The van der Waals surface area contributed by atoms with Crippen molar-refractivity contribution in [2.45, 2.75) is 20.3 Å². The molecule has 2 aliphatic heterocycles. The molecule has 0 atom stereocenters. The zero-order valence-corrected chi connectivity index (χ0v) is 28.8. The van der Waals surface area contributed by atoms with Crippen molar-refractivity contribution in [3.05, 3.63) is 114 Å². The lowest BCUT2D eigenvalue weighted by atomic mass is 9.98. The number of aryl methyl sites for hydroxylation is 1. The van der Waals surface area contributed by atoms with Crippen LogP contribution in [0.15, 0.2) is 97.1 Å². The lowest BCUT2D eigenvalue weighted by molar-refractivity contribution is -0.145. The predicted octanol–water partition coefficient (Wildman–Crippen LogP) is 5.01. The molecule has 262 valence electrons. The van der Waals surface area contributed by atoms with Crippen LogP contribution in [0.1, 0.15) is 39.6 Å². The largest absolute Gasteiger partial charge is 0.465 e. The number of rotatable bonds is 9. The van der Waals surface area contributed by atoms with Gasteiger partial charge in [0.25, 0.3) is 11.8 Å². The molecule has 0 spiro atoms. The number of nitrogens with one attached hydrogen (secondary N) is 1. The monoisotopic (exact) mass is 687 g/mol. The average molecular weight is 688 g/mol. The molecule has 6 rings (SSSR count). The third-order valence-electron chi connectivity index (χ3n) is 9.16. The van der Waals surface area contributed by atoms with Crippen LogP contribution in [0, 0.1) is 6.92 Å². The summed E-state index contributed by atoms with van der Waals surface area (Å²) >= 11 is 0. The molecule has 4 aromatic rings. The molecule has 4 aromatic carbocycles. The highest BCUT2D eigenvalue weighted by Gasteiger charge is 2.32. The highest BCUT2D eigenvalue weighted by atomic mass is 16.5. The van der Waals surface area contributed by atoms with Crippen LogP contribution in [0.4, 0.5) is 17.1 Å². The van der Waals surface area contributed by atoms with Crippen molar-refractivity contribution >= 4 is 46.7 Å². The Balaban J connectivity index is 1.13. The number of carbonyl (C=O) groups excluding carboxylic acids is 5. The van der Waals surface area contributed by atoms with E-state index in [1.807, 2.05) is 54.3 Å². The second kappa shape index (κ2) is 15.8. The van der Waals surface area contributed by atoms with Gasteiger partial charge in [-0.1, -0.05) is 60.2 Å². The zero-order chi connectivity index (χ0) is 35.9. The molecule has 11 heteroatoms. The first-order valence-electron chi connectivity index (χ1n) is 17.2. The van der Waals surface area contributed by atoms with Crippen molar-refractivity contribution in [1.82, 2.24) is 9.80 Å². The van der Waals surface area contributed by atoms with Gasteiger partial charge in [-0.25, -0.2) is 0 Å². The summed E-state index contributed by atoms with van der Waals surface area (Å²) in [7, 11) is 0. The smallest absolute Gasteiger partial charge is 0.320 e. The Labute approximate surface area is 297 Å². The van der Waals surface area contributed by atoms with Gasteiger partial charge in [0.15, 0.2) is 0 Å². The highest BCUT2D eigenvalue weighted by Crippen LogP contribution is 2.34. The Morgan fingerprint density at radius 2 is 1.41 bits per heavy atom. The number of nitrogens with zero attached hydrogens (tertiary/aromatic N) is 4. The first-order chi connectivity index (χ1) is 24.7. The number of carbonyl (C=O) groups is 5. The fraction of sp³-hybridized carbons (Fsp3) is 0.275. The third kappa shape index (κ3) is 8.16. The number of hydrogen-bond donors (Lipinski definition) is 1. The van der Waals surface area contributed by atoms with Gasteiger partial charge in [-0.15, -0.1) is 0 Å². The Kier molecular flexibility index (Phi) is 10.9. The molecule has 11 nitrogen and oxygen atoms in total. The van der Waals surface area contributed by atoms with Gasteiger partial charge in [-0.05, 0) is 67.4 Å². The van der Waals surface area contributed by atoms with Crippen molar-refractivity contribution in [2.24, 2.45) is 0 Å². The maximum atomic E-state index is 13.9. The molecule has 1 N–H and O–H groups in total. The van der Waals surface area contributed by atoms with E-state index in [2.05, 4.69) is 5.32 Å². The summed E-state index contributed by atoms with van der Waals surface area (Å²) in [6.45, 7) is 6.19.